The Morgan fingerprint density at radius 2 is 1.10 bits per heavy atom. The SMILES string of the molecule is CN1CN2C(=O)N(C)CC(c3ccccc3)(c3ccccc3)[C@H]2N(C=C(c2ccccc2)c2ccccc2)C1=O. The number of nitrogens with zero attached hydrogens (tertiary/aromatic N) is 4. The summed E-state index contributed by atoms with van der Waals surface area (Å²) in [5.74, 6) is 0. The van der Waals surface area contributed by atoms with Crippen LogP contribution in [0.2, 0.25) is 0 Å². The summed E-state index contributed by atoms with van der Waals surface area (Å²) in [6.07, 6.45) is 1.35. The molecular weight excluding hydrogens is 496 g/mol. The summed E-state index contributed by atoms with van der Waals surface area (Å²) >= 11 is 0. The van der Waals surface area contributed by atoms with Crippen LogP contribution in [-0.2, 0) is 5.41 Å². The predicted molar refractivity (Wildman–Crippen MR) is 157 cm³/mol. The minimum absolute atomic E-state index is 0.105. The van der Waals surface area contributed by atoms with Crippen LogP contribution in [-0.4, -0.2) is 65.1 Å². The van der Waals surface area contributed by atoms with Crippen molar-refractivity contribution in [3.05, 3.63) is 150 Å². The molecule has 2 saturated heterocycles. The number of hydrogen-bond acceptors (Lipinski definition) is 2. The van der Waals surface area contributed by atoms with Crippen molar-refractivity contribution >= 4 is 17.6 Å². The van der Waals surface area contributed by atoms with Gasteiger partial charge in [0.25, 0.3) is 0 Å². The van der Waals surface area contributed by atoms with Gasteiger partial charge in [0.1, 0.15) is 12.8 Å². The van der Waals surface area contributed by atoms with Crippen LogP contribution < -0.4 is 0 Å². The van der Waals surface area contributed by atoms with Gasteiger partial charge in [-0.1, -0.05) is 121 Å². The average Bonchev–Trinajstić information content (AvgIpc) is 3.01. The van der Waals surface area contributed by atoms with E-state index in [0.717, 1.165) is 27.8 Å². The summed E-state index contributed by atoms with van der Waals surface area (Å²) in [6, 6.07) is 40.4. The van der Waals surface area contributed by atoms with Gasteiger partial charge in [-0.15, -0.1) is 0 Å². The molecule has 6 rings (SSSR count). The van der Waals surface area contributed by atoms with E-state index in [1.54, 1.807) is 21.7 Å². The number of carbonyl (C=O) groups is 2. The summed E-state index contributed by atoms with van der Waals surface area (Å²) in [4.78, 5) is 35.0. The number of likely N-dealkylation sites (N-methyl/N-ethyl adjacent to an activating group) is 1. The first-order chi connectivity index (χ1) is 19.5. The number of benzene rings is 4. The molecule has 4 aromatic rings. The van der Waals surface area contributed by atoms with Crippen LogP contribution in [0, 0.1) is 0 Å². The second-order valence-electron chi connectivity index (χ2n) is 10.5. The largest absolute Gasteiger partial charge is 0.326 e. The lowest BCUT2D eigenvalue weighted by molar-refractivity contribution is -0.0359. The Balaban J connectivity index is 1.64. The third kappa shape index (κ3) is 4.22. The van der Waals surface area contributed by atoms with E-state index in [2.05, 4.69) is 48.5 Å². The van der Waals surface area contributed by atoms with Gasteiger partial charge in [-0.05, 0) is 22.3 Å². The first-order valence-corrected chi connectivity index (χ1v) is 13.5. The predicted octanol–water partition coefficient (Wildman–Crippen LogP) is 6.08. The quantitative estimate of drug-likeness (QED) is 0.315. The lowest BCUT2D eigenvalue weighted by Gasteiger charge is -2.59. The molecule has 0 N–H and O–H groups in total. The molecule has 2 heterocycles. The minimum atomic E-state index is -0.711. The molecule has 0 aromatic heterocycles. The van der Waals surface area contributed by atoms with Crippen molar-refractivity contribution in [1.29, 1.82) is 0 Å². The summed E-state index contributed by atoms with van der Waals surface area (Å²) in [6.45, 7) is 0.624. The van der Waals surface area contributed by atoms with Gasteiger partial charge in [0.05, 0.1) is 5.41 Å². The fourth-order valence-corrected chi connectivity index (χ4v) is 6.16. The molecule has 0 saturated carbocycles. The zero-order valence-corrected chi connectivity index (χ0v) is 22.7. The second-order valence-corrected chi connectivity index (χ2v) is 10.5. The fraction of sp³-hybridized carbons (Fsp3) is 0.176. The smallest absolute Gasteiger partial charge is 0.326 e. The van der Waals surface area contributed by atoms with E-state index >= 15 is 0 Å². The van der Waals surface area contributed by atoms with Gasteiger partial charge >= 0.3 is 12.1 Å². The number of hydrogen-bond donors (Lipinski definition) is 0. The van der Waals surface area contributed by atoms with Gasteiger partial charge in [-0.3, -0.25) is 9.80 Å². The molecule has 2 fully saturated rings. The van der Waals surface area contributed by atoms with E-state index in [9.17, 15) is 9.59 Å². The Kier molecular flexibility index (Phi) is 6.60. The number of urea groups is 2. The third-order valence-electron chi connectivity index (χ3n) is 7.99. The maximum absolute atomic E-state index is 14.2. The van der Waals surface area contributed by atoms with Crippen molar-refractivity contribution in [3.63, 3.8) is 0 Å². The summed E-state index contributed by atoms with van der Waals surface area (Å²) < 4.78 is 0. The van der Waals surface area contributed by atoms with Gasteiger partial charge in [0.2, 0.25) is 0 Å². The molecule has 0 unspecified atom stereocenters. The zero-order chi connectivity index (χ0) is 27.7. The first kappa shape index (κ1) is 25.4. The van der Waals surface area contributed by atoms with Crippen LogP contribution in [0.25, 0.3) is 5.57 Å². The molecule has 200 valence electrons. The molecule has 2 aliphatic rings. The van der Waals surface area contributed by atoms with E-state index in [0.29, 0.717) is 6.54 Å². The van der Waals surface area contributed by atoms with Crippen molar-refractivity contribution in [2.45, 2.75) is 11.6 Å². The highest BCUT2D eigenvalue weighted by Gasteiger charge is 2.57. The topological polar surface area (TPSA) is 47.1 Å². The third-order valence-corrected chi connectivity index (χ3v) is 7.99. The van der Waals surface area contributed by atoms with Gasteiger partial charge in [0, 0.05) is 32.4 Å². The van der Waals surface area contributed by atoms with Crippen molar-refractivity contribution in [3.8, 4) is 0 Å². The van der Waals surface area contributed by atoms with Crippen LogP contribution in [0.4, 0.5) is 9.59 Å². The van der Waals surface area contributed by atoms with E-state index in [1.165, 1.54) is 0 Å². The van der Waals surface area contributed by atoms with Gasteiger partial charge in [-0.2, -0.15) is 0 Å². The molecule has 6 nitrogen and oxygen atoms in total. The lowest BCUT2D eigenvalue weighted by Crippen LogP contribution is -2.75. The molecule has 0 bridgehead atoms. The van der Waals surface area contributed by atoms with Crippen LogP contribution in [0.15, 0.2) is 128 Å². The van der Waals surface area contributed by atoms with Crippen molar-refractivity contribution < 1.29 is 9.59 Å². The van der Waals surface area contributed by atoms with Gasteiger partial charge < -0.3 is 9.80 Å². The number of amides is 4. The highest BCUT2D eigenvalue weighted by molar-refractivity contribution is 5.87. The zero-order valence-electron chi connectivity index (χ0n) is 22.7. The van der Waals surface area contributed by atoms with Crippen LogP contribution in [0.5, 0.6) is 0 Å². The summed E-state index contributed by atoms with van der Waals surface area (Å²) in [5.41, 5.74) is 4.28. The molecule has 2 aliphatic heterocycles. The van der Waals surface area contributed by atoms with Crippen LogP contribution in [0.3, 0.4) is 0 Å². The lowest BCUT2D eigenvalue weighted by atomic mass is 9.69. The standard InChI is InChI=1S/C34H32N4O2/c1-35-24-34(28-19-11-5-12-20-28,29-21-13-6-14-22-29)31-37(33(40)36(2)25-38(31)32(35)39)23-30(26-15-7-3-8-16-26)27-17-9-4-10-18-27/h3-23,31H,24-25H2,1-2H3/t31-/m0/s1. The Hall–Kier alpha value is -4.84. The molecular formula is C34H32N4O2. The Morgan fingerprint density at radius 1 is 0.650 bits per heavy atom. The average molecular weight is 529 g/mol. The van der Waals surface area contributed by atoms with Crippen molar-refractivity contribution in [1.82, 2.24) is 19.6 Å². The number of carbonyl (C=O) groups excluding carboxylic acids is 2. The van der Waals surface area contributed by atoms with E-state index < -0.39 is 11.6 Å². The Morgan fingerprint density at radius 3 is 1.57 bits per heavy atom. The molecule has 4 aromatic carbocycles. The van der Waals surface area contributed by atoms with Crippen LogP contribution >= 0.6 is 0 Å². The normalized spacial score (nSPS) is 18.4. The summed E-state index contributed by atoms with van der Waals surface area (Å²) in [7, 11) is 3.59. The second kappa shape index (κ2) is 10.4. The molecule has 6 heteroatoms. The minimum Gasteiger partial charge on any atom is -0.326 e. The van der Waals surface area contributed by atoms with E-state index in [4.69, 9.17) is 0 Å². The maximum Gasteiger partial charge on any atom is 0.326 e. The Bertz CT molecular complexity index is 1440. The number of fused-ring (bicyclic) bond motifs is 1. The highest BCUT2D eigenvalue weighted by atomic mass is 16.2. The van der Waals surface area contributed by atoms with Gasteiger partial charge in [-0.25, -0.2) is 9.59 Å². The van der Waals surface area contributed by atoms with Crippen LogP contribution in [0.1, 0.15) is 22.3 Å². The molecule has 0 aliphatic carbocycles. The highest BCUT2D eigenvalue weighted by Crippen LogP contribution is 2.45. The molecule has 1 atom stereocenters. The molecule has 0 radical (unpaired) electrons. The molecule has 0 spiro atoms. The fourth-order valence-electron chi connectivity index (χ4n) is 6.16. The van der Waals surface area contributed by atoms with Gasteiger partial charge in [0.15, 0.2) is 0 Å². The maximum atomic E-state index is 14.2. The van der Waals surface area contributed by atoms with E-state index in [1.807, 2.05) is 90.9 Å². The Labute approximate surface area is 235 Å². The first-order valence-electron chi connectivity index (χ1n) is 13.5. The molecule has 4 amide bonds. The number of rotatable bonds is 5. The molecule has 40 heavy (non-hydrogen) atoms. The van der Waals surface area contributed by atoms with E-state index in [-0.39, 0.29) is 18.7 Å². The summed E-state index contributed by atoms with van der Waals surface area (Å²) in [5, 5.41) is 0. The van der Waals surface area contributed by atoms with Crippen molar-refractivity contribution in [2.75, 3.05) is 27.3 Å². The monoisotopic (exact) mass is 528 g/mol. The van der Waals surface area contributed by atoms with Crippen molar-refractivity contribution in [2.24, 2.45) is 0 Å².